The lowest BCUT2D eigenvalue weighted by molar-refractivity contribution is -0.131. The maximum absolute atomic E-state index is 12.1. The average Bonchev–Trinajstić information content (AvgIpc) is 2.81. The van der Waals surface area contributed by atoms with Crippen molar-refractivity contribution in [1.82, 2.24) is 5.32 Å². The molecule has 96 valence electrons. The first-order valence-electron chi connectivity index (χ1n) is 6.25. The Morgan fingerprint density at radius 2 is 1.89 bits per heavy atom. The Hall–Kier alpha value is -1.84. The summed E-state index contributed by atoms with van der Waals surface area (Å²) in [5.41, 5.74) is 0.416. The van der Waals surface area contributed by atoms with Crippen molar-refractivity contribution in [2.75, 3.05) is 0 Å². The molecular weight excluding hydrogens is 230 g/mol. The first-order chi connectivity index (χ1) is 8.66. The van der Waals surface area contributed by atoms with Crippen LogP contribution in [0.3, 0.4) is 0 Å². The summed E-state index contributed by atoms with van der Waals surface area (Å²) < 4.78 is 5.03. The van der Waals surface area contributed by atoms with Crippen LogP contribution in [-0.2, 0) is 4.79 Å². The Kier molecular flexibility index (Phi) is 3.97. The van der Waals surface area contributed by atoms with Gasteiger partial charge in [-0.15, -0.1) is 0 Å². The van der Waals surface area contributed by atoms with Crippen molar-refractivity contribution in [3.8, 4) is 5.75 Å². The number of hydrogen-bond donors (Lipinski definition) is 1. The molecule has 1 aromatic rings. The summed E-state index contributed by atoms with van der Waals surface area (Å²) in [6.45, 7) is 1.33. The highest BCUT2D eigenvalue weighted by Crippen LogP contribution is 2.21. The van der Waals surface area contributed by atoms with Crippen molar-refractivity contribution in [3.05, 3.63) is 29.8 Å². The number of para-hydroxylation sites is 1. The summed E-state index contributed by atoms with van der Waals surface area (Å²) in [7, 11) is 0. The molecule has 1 N–H and O–H groups in total. The van der Waals surface area contributed by atoms with Gasteiger partial charge in [-0.05, 0) is 25.0 Å². The van der Waals surface area contributed by atoms with Gasteiger partial charge in [0.15, 0.2) is 0 Å². The molecule has 0 spiro atoms. The average molecular weight is 247 g/mol. The van der Waals surface area contributed by atoms with Crippen molar-refractivity contribution >= 4 is 11.9 Å². The quantitative estimate of drug-likeness (QED) is 0.658. The molecular formula is C14H17NO3. The van der Waals surface area contributed by atoms with Crippen molar-refractivity contribution in [1.29, 1.82) is 0 Å². The minimum absolute atomic E-state index is 0.168. The standard InChI is InChI=1S/C14H17NO3/c1-10(16)18-13-9-5-4-8-12(13)14(17)15-11-6-2-3-7-11/h4-5,8-9,11H,2-3,6-7H2,1H3,(H,15,17). The second kappa shape index (κ2) is 5.67. The third-order valence-electron chi connectivity index (χ3n) is 3.08. The van der Waals surface area contributed by atoms with Gasteiger partial charge >= 0.3 is 5.97 Å². The van der Waals surface area contributed by atoms with Gasteiger partial charge in [0.05, 0.1) is 5.56 Å². The molecule has 0 unspecified atom stereocenters. The van der Waals surface area contributed by atoms with Gasteiger partial charge in [0.2, 0.25) is 0 Å². The number of ether oxygens (including phenoxy) is 1. The zero-order valence-electron chi connectivity index (χ0n) is 10.4. The van der Waals surface area contributed by atoms with E-state index in [4.69, 9.17) is 4.74 Å². The third-order valence-corrected chi connectivity index (χ3v) is 3.08. The van der Waals surface area contributed by atoms with Crippen molar-refractivity contribution in [2.45, 2.75) is 38.6 Å². The smallest absolute Gasteiger partial charge is 0.308 e. The van der Waals surface area contributed by atoms with Crippen LogP contribution in [-0.4, -0.2) is 17.9 Å². The monoisotopic (exact) mass is 247 g/mol. The summed E-state index contributed by atoms with van der Waals surface area (Å²) in [5, 5.41) is 2.98. The first-order valence-corrected chi connectivity index (χ1v) is 6.25. The number of rotatable bonds is 3. The van der Waals surface area contributed by atoms with E-state index in [1.807, 2.05) is 0 Å². The minimum atomic E-state index is -0.420. The molecule has 1 aromatic carbocycles. The van der Waals surface area contributed by atoms with Gasteiger partial charge < -0.3 is 10.1 Å². The van der Waals surface area contributed by atoms with Gasteiger partial charge in [0, 0.05) is 13.0 Å². The molecule has 0 radical (unpaired) electrons. The molecule has 18 heavy (non-hydrogen) atoms. The van der Waals surface area contributed by atoms with Crippen molar-refractivity contribution in [3.63, 3.8) is 0 Å². The molecule has 0 saturated heterocycles. The largest absolute Gasteiger partial charge is 0.426 e. The summed E-state index contributed by atoms with van der Waals surface area (Å²) in [4.78, 5) is 23.1. The molecule has 0 atom stereocenters. The van der Waals surface area contributed by atoms with E-state index < -0.39 is 5.97 Å². The Bertz CT molecular complexity index is 450. The van der Waals surface area contributed by atoms with Crippen LogP contribution in [0.1, 0.15) is 43.0 Å². The molecule has 0 aromatic heterocycles. The molecule has 4 heteroatoms. The van der Waals surface area contributed by atoms with Gasteiger partial charge in [0.25, 0.3) is 5.91 Å². The molecule has 0 heterocycles. The Morgan fingerprint density at radius 1 is 1.22 bits per heavy atom. The predicted molar refractivity (Wildman–Crippen MR) is 67.5 cm³/mol. The van der Waals surface area contributed by atoms with Crippen molar-refractivity contribution in [2.24, 2.45) is 0 Å². The molecule has 1 aliphatic rings. The predicted octanol–water partition coefficient (Wildman–Crippen LogP) is 2.28. The van der Waals surface area contributed by atoms with E-state index in [2.05, 4.69) is 5.32 Å². The second-order valence-electron chi connectivity index (χ2n) is 4.54. The van der Waals surface area contributed by atoms with Crippen LogP contribution in [0.25, 0.3) is 0 Å². The molecule has 0 bridgehead atoms. The number of benzene rings is 1. The van der Waals surface area contributed by atoms with Gasteiger partial charge in [-0.25, -0.2) is 0 Å². The van der Waals surface area contributed by atoms with E-state index in [0.717, 1.165) is 25.7 Å². The van der Waals surface area contributed by atoms with Crippen LogP contribution >= 0.6 is 0 Å². The highest BCUT2D eigenvalue weighted by molar-refractivity contribution is 5.97. The van der Waals surface area contributed by atoms with Gasteiger partial charge in [-0.2, -0.15) is 0 Å². The third kappa shape index (κ3) is 3.09. The number of amides is 1. The SMILES string of the molecule is CC(=O)Oc1ccccc1C(=O)NC1CCCC1. The molecule has 0 aliphatic heterocycles. The highest BCUT2D eigenvalue weighted by atomic mass is 16.5. The molecule has 1 aliphatic carbocycles. The zero-order valence-corrected chi connectivity index (χ0v) is 10.4. The number of carbonyl (C=O) groups excluding carboxylic acids is 2. The topological polar surface area (TPSA) is 55.4 Å². The van der Waals surface area contributed by atoms with E-state index in [1.165, 1.54) is 6.92 Å². The fourth-order valence-corrected chi connectivity index (χ4v) is 2.23. The Labute approximate surface area is 106 Å². The van der Waals surface area contributed by atoms with E-state index in [-0.39, 0.29) is 11.9 Å². The lowest BCUT2D eigenvalue weighted by Gasteiger charge is -2.13. The van der Waals surface area contributed by atoms with Crippen LogP contribution in [0, 0.1) is 0 Å². The molecule has 1 amide bonds. The van der Waals surface area contributed by atoms with Crippen LogP contribution in [0.15, 0.2) is 24.3 Å². The summed E-state index contributed by atoms with van der Waals surface area (Å²) in [6, 6.07) is 7.05. The first kappa shape index (κ1) is 12.6. The molecule has 1 fully saturated rings. The zero-order chi connectivity index (χ0) is 13.0. The normalized spacial score (nSPS) is 15.4. The molecule has 2 rings (SSSR count). The second-order valence-corrected chi connectivity index (χ2v) is 4.54. The minimum Gasteiger partial charge on any atom is -0.426 e. The Morgan fingerprint density at radius 3 is 2.56 bits per heavy atom. The summed E-state index contributed by atoms with van der Waals surface area (Å²) in [5.74, 6) is -0.268. The Balaban J connectivity index is 2.10. The van der Waals surface area contributed by atoms with Crippen LogP contribution < -0.4 is 10.1 Å². The number of hydrogen-bond acceptors (Lipinski definition) is 3. The summed E-state index contributed by atoms with van der Waals surface area (Å²) >= 11 is 0. The van der Waals surface area contributed by atoms with Crippen LogP contribution in [0.5, 0.6) is 5.75 Å². The van der Waals surface area contributed by atoms with Crippen LogP contribution in [0.2, 0.25) is 0 Å². The number of esters is 1. The van der Waals surface area contributed by atoms with E-state index in [1.54, 1.807) is 24.3 Å². The summed E-state index contributed by atoms with van der Waals surface area (Å²) in [6.07, 6.45) is 4.38. The lowest BCUT2D eigenvalue weighted by atomic mass is 10.1. The number of carbonyl (C=O) groups is 2. The van der Waals surface area contributed by atoms with Gasteiger partial charge in [-0.1, -0.05) is 25.0 Å². The fourth-order valence-electron chi connectivity index (χ4n) is 2.23. The van der Waals surface area contributed by atoms with Crippen molar-refractivity contribution < 1.29 is 14.3 Å². The van der Waals surface area contributed by atoms with E-state index in [9.17, 15) is 9.59 Å². The van der Waals surface area contributed by atoms with E-state index in [0.29, 0.717) is 11.3 Å². The highest BCUT2D eigenvalue weighted by Gasteiger charge is 2.20. The van der Waals surface area contributed by atoms with Crippen LogP contribution in [0.4, 0.5) is 0 Å². The maximum atomic E-state index is 12.1. The number of nitrogens with one attached hydrogen (secondary N) is 1. The van der Waals surface area contributed by atoms with Gasteiger partial charge in [-0.3, -0.25) is 9.59 Å². The maximum Gasteiger partial charge on any atom is 0.308 e. The molecule has 4 nitrogen and oxygen atoms in total. The van der Waals surface area contributed by atoms with Gasteiger partial charge in [0.1, 0.15) is 5.75 Å². The van der Waals surface area contributed by atoms with E-state index >= 15 is 0 Å². The lowest BCUT2D eigenvalue weighted by Crippen LogP contribution is -2.32. The fraction of sp³-hybridized carbons (Fsp3) is 0.429. The molecule has 1 saturated carbocycles.